The van der Waals surface area contributed by atoms with E-state index in [1.165, 1.54) is 23.4 Å². The highest BCUT2D eigenvalue weighted by molar-refractivity contribution is 6.16. The van der Waals surface area contributed by atoms with Crippen molar-refractivity contribution in [2.75, 3.05) is 24.1 Å². The monoisotopic (exact) mass is 452 g/mol. The number of nitrogen functional groups attached to an aromatic ring is 1. The zero-order valence-corrected chi connectivity index (χ0v) is 17.6. The molecular weight excluding hydrogens is 430 g/mol. The predicted octanol–water partition coefficient (Wildman–Crippen LogP) is 3.09. The molecule has 2 aromatic carbocycles. The number of carbonyl (C=O) groups is 1. The molecule has 33 heavy (non-hydrogen) atoms. The highest BCUT2D eigenvalue weighted by Crippen LogP contribution is 2.24. The Kier molecular flexibility index (Phi) is 7.29. The van der Waals surface area contributed by atoms with E-state index in [-0.39, 0.29) is 59.8 Å². The summed E-state index contributed by atoms with van der Waals surface area (Å²) in [5.41, 5.74) is 6.30. The number of nitrogens with two attached hydrogens (primary N) is 1. The van der Waals surface area contributed by atoms with Crippen molar-refractivity contribution in [2.45, 2.75) is 6.54 Å². The van der Waals surface area contributed by atoms with Crippen LogP contribution < -0.4 is 11.1 Å². The smallest absolute Gasteiger partial charge is 0.246 e. The lowest BCUT2D eigenvalue weighted by Gasteiger charge is -2.22. The highest BCUT2D eigenvalue weighted by Gasteiger charge is 2.18. The number of phenols is 1. The molecule has 3 rings (SSSR count). The van der Waals surface area contributed by atoms with Gasteiger partial charge in [-0.3, -0.25) is 10.2 Å². The summed E-state index contributed by atoms with van der Waals surface area (Å²) in [6, 6.07) is 9.37. The number of hydrogen-bond acceptors (Lipinski definition) is 7. The third kappa shape index (κ3) is 5.67. The summed E-state index contributed by atoms with van der Waals surface area (Å²) in [6.45, 7) is 3.87. The van der Waals surface area contributed by atoms with E-state index in [1.54, 1.807) is 18.2 Å². The molecule has 1 heterocycles. The van der Waals surface area contributed by atoms with Crippen LogP contribution in [0.15, 0.2) is 61.4 Å². The van der Waals surface area contributed by atoms with Crippen LogP contribution in [0, 0.1) is 17.0 Å². The van der Waals surface area contributed by atoms with E-state index in [9.17, 15) is 18.7 Å². The summed E-state index contributed by atoms with van der Waals surface area (Å²) in [5, 5.41) is 21.1. The van der Waals surface area contributed by atoms with Gasteiger partial charge < -0.3 is 21.1 Å². The SMILES string of the molecule is C=CC(=O)N(CCNc1ncnc(N)c1C(=N)c1cc(O)cc(F)c1)Cc1ccccc1F. The molecule has 8 nitrogen and oxygen atoms in total. The number of phenolic OH excluding ortho intramolecular Hbond substituents is 1. The van der Waals surface area contributed by atoms with Crippen molar-refractivity contribution >= 4 is 23.3 Å². The van der Waals surface area contributed by atoms with Crippen molar-refractivity contribution < 1.29 is 18.7 Å². The number of amides is 1. The first-order chi connectivity index (χ1) is 15.8. The van der Waals surface area contributed by atoms with Crippen molar-refractivity contribution in [1.82, 2.24) is 14.9 Å². The number of nitrogens with zero attached hydrogens (tertiary/aromatic N) is 3. The van der Waals surface area contributed by atoms with E-state index in [1.807, 2.05) is 0 Å². The molecule has 10 heteroatoms. The molecule has 0 saturated heterocycles. The van der Waals surface area contributed by atoms with Crippen LogP contribution in [0.5, 0.6) is 5.75 Å². The second-order valence-electron chi connectivity index (χ2n) is 7.04. The molecule has 0 aliphatic heterocycles. The van der Waals surface area contributed by atoms with Crippen LogP contribution in [0.3, 0.4) is 0 Å². The predicted molar refractivity (Wildman–Crippen MR) is 121 cm³/mol. The maximum atomic E-state index is 14.0. The Morgan fingerprint density at radius 3 is 2.70 bits per heavy atom. The molecule has 5 N–H and O–H groups in total. The molecular formula is C23H22F2N6O2. The van der Waals surface area contributed by atoms with Crippen LogP contribution in [-0.2, 0) is 11.3 Å². The van der Waals surface area contributed by atoms with Gasteiger partial charge in [-0.25, -0.2) is 18.7 Å². The lowest BCUT2D eigenvalue weighted by molar-refractivity contribution is -0.126. The summed E-state index contributed by atoms with van der Waals surface area (Å²) < 4.78 is 27.7. The van der Waals surface area contributed by atoms with Gasteiger partial charge in [0, 0.05) is 36.8 Å². The number of carbonyl (C=O) groups excluding carboxylic acids is 1. The molecule has 1 amide bonds. The second-order valence-corrected chi connectivity index (χ2v) is 7.04. The van der Waals surface area contributed by atoms with Gasteiger partial charge >= 0.3 is 0 Å². The first-order valence-electron chi connectivity index (χ1n) is 9.88. The van der Waals surface area contributed by atoms with E-state index in [4.69, 9.17) is 11.1 Å². The van der Waals surface area contributed by atoms with E-state index in [0.29, 0.717) is 5.56 Å². The molecule has 1 aromatic heterocycles. The standard InChI is InChI=1S/C23H22F2N6O2/c1-2-19(33)31(12-14-5-3-4-6-18(14)25)8-7-28-23-20(22(27)29-13-30-23)21(26)15-9-16(24)11-17(32)10-15/h2-6,9-11,13,26,32H,1,7-8,12H2,(H3,27,28,29,30). The van der Waals surface area contributed by atoms with Gasteiger partial charge in [-0.2, -0.15) is 0 Å². The normalized spacial score (nSPS) is 10.5. The maximum absolute atomic E-state index is 14.0. The van der Waals surface area contributed by atoms with Crippen molar-refractivity contribution in [2.24, 2.45) is 0 Å². The van der Waals surface area contributed by atoms with Crippen LogP contribution in [0.2, 0.25) is 0 Å². The average Bonchev–Trinajstić information content (AvgIpc) is 2.78. The average molecular weight is 452 g/mol. The molecule has 0 bridgehead atoms. The lowest BCUT2D eigenvalue weighted by atomic mass is 10.0. The fourth-order valence-electron chi connectivity index (χ4n) is 3.18. The van der Waals surface area contributed by atoms with Crippen molar-refractivity contribution in [3.8, 4) is 5.75 Å². The van der Waals surface area contributed by atoms with Crippen LogP contribution >= 0.6 is 0 Å². The molecule has 0 aliphatic rings. The zero-order chi connectivity index (χ0) is 24.0. The third-order valence-electron chi connectivity index (χ3n) is 4.78. The highest BCUT2D eigenvalue weighted by atomic mass is 19.1. The van der Waals surface area contributed by atoms with Gasteiger partial charge in [-0.05, 0) is 24.3 Å². The Bertz CT molecular complexity index is 1180. The van der Waals surface area contributed by atoms with E-state index >= 15 is 0 Å². The van der Waals surface area contributed by atoms with Crippen molar-refractivity contribution in [3.63, 3.8) is 0 Å². The largest absolute Gasteiger partial charge is 0.508 e. The van der Waals surface area contributed by atoms with E-state index in [0.717, 1.165) is 18.2 Å². The Morgan fingerprint density at radius 2 is 2.00 bits per heavy atom. The zero-order valence-electron chi connectivity index (χ0n) is 17.6. The van der Waals surface area contributed by atoms with Gasteiger partial charge in [-0.1, -0.05) is 24.8 Å². The molecule has 0 spiro atoms. The summed E-state index contributed by atoms with van der Waals surface area (Å²) in [6.07, 6.45) is 2.34. The first-order valence-corrected chi connectivity index (χ1v) is 9.88. The number of hydrogen-bond donors (Lipinski definition) is 4. The fourth-order valence-corrected chi connectivity index (χ4v) is 3.18. The molecule has 0 radical (unpaired) electrons. The minimum absolute atomic E-state index is 0.0216. The van der Waals surface area contributed by atoms with Gasteiger partial charge in [0.25, 0.3) is 0 Å². The minimum Gasteiger partial charge on any atom is -0.508 e. The number of rotatable bonds is 9. The number of nitrogens with one attached hydrogen (secondary N) is 2. The van der Waals surface area contributed by atoms with E-state index < -0.39 is 11.6 Å². The number of anilines is 2. The Morgan fingerprint density at radius 1 is 1.24 bits per heavy atom. The van der Waals surface area contributed by atoms with Gasteiger partial charge in [0.1, 0.15) is 35.3 Å². The first kappa shape index (κ1) is 23.3. The Labute approximate surface area is 188 Å². The van der Waals surface area contributed by atoms with Gasteiger partial charge in [0.2, 0.25) is 5.91 Å². The number of benzene rings is 2. The molecule has 0 saturated carbocycles. The third-order valence-corrected chi connectivity index (χ3v) is 4.78. The van der Waals surface area contributed by atoms with Crippen LogP contribution in [-0.4, -0.2) is 44.7 Å². The summed E-state index contributed by atoms with van der Waals surface area (Å²) in [7, 11) is 0. The van der Waals surface area contributed by atoms with Gasteiger partial charge in [-0.15, -0.1) is 0 Å². The summed E-state index contributed by atoms with van der Waals surface area (Å²) >= 11 is 0. The number of aromatic hydroxyl groups is 1. The number of halogens is 2. The van der Waals surface area contributed by atoms with Crippen molar-refractivity contribution in [1.29, 1.82) is 5.41 Å². The molecule has 0 aliphatic carbocycles. The number of aromatic nitrogens is 2. The summed E-state index contributed by atoms with van der Waals surface area (Å²) in [4.78, 5) is 21.7. The second kappa shape index (κ2) is 10.3. The van der Waals surface area contributed by atoms with Gasteiger partial charge in [0.05, 0.1) is 11.3 Å². The fraction of sp³-hybridized carbons (Fsp3) is 0.130. The lowest BCUT2D eigenvalue weighted by Crippen LogP contribution is -2.34. The summed E-state index contributed by atoms with van der Waals surface area (Å²) in [5.74, 6) is -1.70. The molecule has 0 fully saturated rings. The quantitative estimate of drug-likeness (QED) is 0.292. The molecule has 0 unspecified atom stereocenters. The topological polar surface area (TPSA) is 128 Å². The molecule has 3 aromatic rings. The van der Waals surface area contributed by atoms with Crippen LogP contribution in [0.4, 0.5) is 20.4 Å². The maximum Gasteiger partial charge on any atom is 0.246 e. The molecule has 0 atom stereocenters. The Balaban J connectivity index is 1.78. The van der Waals surface area contributed by atoms with E-state index in [2.05, 4.69) is 21.9 Å². The minimum atomic E-state index is -0.716. The van der Waals surface area contributed by atoms with Crippen LogP contribution in [0.25, 0.3) is 0 Å². The molecule has 170 valence electrons. The van der Waals surface area contributed by atoms with Gasteiger partial charge in [0.15, 0.2) is 0 Å². The Hall–Kier alpha value is -4.34. The van der Waals surface area contributed by atoms with Crippen molar-refractivity contribution in [3.05, 3.63) is 89.8 Å². The van der Waals surface area contributed by atoms with Crippen LogP contribution in [0.1, 0.15) is 16.7 Å².